The predicted molar refractivity (Wildman–Crippen MR) is 165 cm³/mol. The van der Waals surface area contributed by atoms with Gasteiger partial charge in [-0.15, -0.1) is 0 Å². The maximum atomic E-state index is 13.7. The Labute approximate surface area is 259 Å². The lowest BCUT2D eigenvalue weighted by Crippen LogP contribution is -2.25. The van der Waals surface area contributed by atoms with E-state index in [1.165, 1.54) is 18.2 Å². The molecule has 5 nitrogen and oxygen atoms in total. The second-order valence-electron chi connectivity index (χ2n) is 10.6. The minimum absolute atomic E-state index is 0.0801. The molecule has 1 heterocycles. The Balaban J connectivity index is 1.33. The molecule has 0 radical (unpaired) electrons. The summed E-state index contributed by atoms with van der Waals surface area (Å²) in [5.74, 6) is -0.442. The lowest BCUT2D eigenvalue weighted by atomic mass is 10.1. The van der Waals surface area contributed by atoms with E-state index in [2.05, 4.69) is 18.7 Å². The molecule has 0 saturated heterocycles. The van der Waals surface area contributed by atoms with Crippen molar-refractivity contribution in [2.75, 3.05) is 26.2 Å². The van der Waals surface area contributed by atoms with E-state index in [9.17, 15) is 22.0 Å². The van der Waals surface area contributed by atoms with Gasteiger partial charge in [0.1, 0.15) is 35.1 Å². The van der Waals surface area contributed by atoms with Crippen molar-refractivity contribution in [1.82, 2.24) is 14.5 Å². The van der Waals surface area contributed by atoms with Gasteiger partial charge < -0.3 is 14.4 Å². The molecule has 5 rings (SSSR count). The molecule has 0 N–H and O–H groups in total. The molecule has 1 aromatic heterocycles. The van der Waals surface area contributed by atoms with Gasteiger partial charge in [0.05, 0.1) is 17.9 Å². The minimum atomic E-state index is -4.83. The van der Waals surface area contributed by atoms with E-state index in [-0.39, 0.29) is 11.6 Å². The van der Waals surface area contributed by atoms with E-state index in [1.54, 1.807) is 24.3 Å². The highest BCUT2D eigenvalue weighted by atomic mass is 19.4. The zero-order chi connectivity index (χ0) is 32.0. The van der Waals surface area contributed by atoms with E-state index in [4.69, 9.17) is 14.5 Å². The third-order valence-corrected chi connectivity index (χ3v) is 7.59. The molecule has 0 amide bonds. The molecule has 4 aromatic rings. The highest BCUT2D eigenvalue weighted by Crippen LogP contribution is 2.35. The standard InChI is InChI=1S/C35H34F5N3O2/c1-3-42(4-2)20-5-21-44-28-14-8-24(9-15-28)33-23-43(34(41-33)25-6-10-26(36)11-7-25)27-12-16-29(17-13-27)45-30-18-19-32(37)31(22-30)35(38,39)40/h6-16,18-19,22-23,29H,3-5,17,20-21H2,1-2H3. The van der Waals surface area contributed by atoms with Gasteiger partial charge in [-0.05, 0) is 98.4 Å². The van der Waals surface area contributed by atoms with E-state index in [1.807, 2.05) is 41.1 Å². The predicted octanol–water partition coefficient (Wildman–Crippen LogP) is 8.87. The van der Waals surface area contributed by atoms with Crippen LogP contribution in [0.5, 0.6) is 11.5 Å². The highest BCUT2D eigenvalue weighted by Gasteiger charge is 2.34. The molecule has 10 heteroatoms. The van der Waals surface area contributed by atoms with Gasteiger partial charge in [0.25, 0.3) is 0 Å². The molecule has 0 bridgehead atoms. The molecule has 0 aliphatic heterocycles. The topological polar surface area (TPSA) is 39.5 Å². The van der Waals surface area contributed by atoms with Crippen molar-refractivity contribution in [2.45, 2.75) is 39.0 Å². The Bertz CT molecular complexity index is 1640. The van der Waals surface area contributed by atoms with Crippen LogP contribution in [-0.4, -0.2) is 46.8 Å². The van der Waals surface area contributed by atoms with Crippen LogP contribution in [0.15, 0.2) is 91.2 Å². The average Bonchev–Trinajstić information content (AvgIpc) is 3.48. The molecule has 236 valence electrons. The highest BCUT2D eigenvalue weighted by molar-refractivity contribution is 5.73. The lowest BCUT2D eigenvalue weighted by molar-refractivity contribution is -0.140. The van der Waals surface area contributed by atoms with E-state index in [0.717, 1.165) is 49.1 Å². The van der Waals surface area contributed by atoms with Crippen LogP contribution in [0.1, 0.15) is 32.3 Å². The fraction of sp³-hybridized carbons (Fsp3) is 0.286. The first-order valence-electron chi connectivity index (χ1n) is 14.9. The average molecular weight is 624 g/mol. The van der Waals surface area contributed by atoms with Gasteiger partial charge in [0, 0.05) is 36.0 Å². The zero-order valence-electron chi connectivity index (χ0n) is 25.0. The SMILES string of the molecule is CCN(CC)CCCOc1ccc(-c2cn(C3=CCC(Oc4ccc(F)c(C(F)(F)F)c4)C=C3)c(-c3ccc(F)cc3)n2)cc1. The van der Waals surface area contributed by atoms with Crippen LogP contribution in [0.25, 0.3) is 28.3 Å². The van der Waals surface area contributed by atoms with Crippen molar-refractivity contribution in [3.05, 3.63) is 108 Å². The van der Waals surface area contributed by atoms with Crippen LogP contribution in [-0.2, 0) is 6.18 Å². The van der Waals surface area contributed by atoms with Crippen LogP contribution in [0, 0.1) is 11.6 Å². The number of imidazole rings is 1. The van der Waals surface area contributed by atoms with Crippen molar-refractivity contribution in [2.24, 2.45) is 0 Å². The number of allylic oxidation sites excluding steroid dienone is 2. The summed E-state index contributed by atoms with van der Waals surface area (Å²) in [6.07, 6.45) is 3.17. The number of ether oxygens (including phenoxy) is 2. The summed E-state index contributed by atoms with van der Waals surface area (Å²) in [5.41, 5.74) is 1.65. The zero-order valence-corrected chi connectivity index (χ0v) is 25.0. The van der Waals surface area contributed by atoms with Crippen molar-refractivity contribution < 1.29 is 31.4 Å². The van der Waals surface area contributed by atoms with Gasteiger partial charge in [-0.2, -0.15) is 13.2 Å². The number of hydrogen-bond acceptors (Lipinski definition) is 4. The molecule has 0 spiro atoms. The van der Waals surface area contributed by atoms with Gasteiger partial charge in [0.2, 0.25) is 0 Å². The van der Waals surface area contributed by atoms with Gasteiger partial charge in [-0.3, -0.25) is 4.57 Å². The Morgan fingerprint density at radius 1 is 0.911 bits per heavy atom. The summed E-state index contributed by atoms with van der Waals surface area (Å²) in [4.78, 5) is 7.22. The molecular formula is C35H34F5N3O2. The summed E-state index contributed by atoms with van der Waals surface area (Å²) < 4.78 is 80.4. The monoisotopic (exact) mass is 623 g/mol. The number of alkyl halides is 3. The van der Waals surface area contributed by atoms with Crippen molar-refractivity contribution in [1.29, 1.82) is 0 Å². The Morgan fingerprint density at radius 2 is 1.60 bits per heavy atom. The molecule has 1 unspecified atom stereocenters. The molecule has 0 fully saturated rings. The fourth-order valence-corrected chi connectivity index (χ4v) is 5.08. The van der Waals surface area contributed by atoms with E-state index < -0.39 is 23.7 Å². The first-order valence-corrected chi connectivity index (χ1v) is 14.9. The van der Waals surface area contributed by atoms with Crippen molar-refractivity contribution >= 4 is 5.70 Å². The Morgan fingerprint density at radius 3 is 2.24 bits per heavy atom. The number of nitrogens with zero attached hydrogens (tertiary/aromatic N) is 3. The smallest absolute Gasteiger partial charge is 0.419 e. The second-order valence-corrected chi connectivity index (χ2v) is 10.6. The first kappa shape index (κ1) is 32.0. The molecule has 1 atom stereocenters. The summed E-state index contributed by atoms with van der Waals surface area (Å²) >= 11 is 0. The van der Waals surface area contributed by atoms with Crippen molar-refractivity contribution in [3.8, 4) is 34.1 Å². The van der Waals surface area contributed by atoms with Crippen molar-refractivity contribution in [3.63, 3.8) is 0 Å². The maximum Gasteiger partial charge on any atom is 0.419 e. The molecule has 3 aromatic carbocycles. The molecule has 1 aliphatic rings. The number of benzene rings is 3. The van der Waals surface area contributed by atoms with Gasteiger partial charge >= 0.3 is 6.18 Å². The quantitative estimate of drug-likeness (QED) is 0.117. The Kier molecular flexibility index (Phi) is 10.0. The largest absolute Gasteiger partial charge is 0.494 e. The summed E-state index contributed by atoms with van der Waals surface area (Å²) in [6, 6.07) is 16.3. The molecule has 1 aliphatic carbocycles. The summed E-state index contributed by atoms with van der Waals surface area (Å²) in [6.45, 7) is 7.92. The minimum Gasteiger partial charge on any atom is -0.494 e. The fourth-order valence-electron chi connectivity index (χ4n) is 5.08. The number of hydrogen-bond donors (Lipinski definition) is 0. The van der Waals surface area contributed by atoms with Gasteiger partial charge in [-0.25, -0.2) is 13.8 Å². The molecular weight excluding hydrogens is 589 g/mol. The molecule has 45 heavy (non-hydrogen) atoms. The van der Waals surface area contributed by atoms with Gasteiger partial charge in [-0.1, -0.05) is 19.9 Å². The third kappa shape index (κ3) is 7.99. The van der Waals surface area contributed by atoms with E-state index in [0.29, 0.717) is 36.2 Å². The van der Waals surface area contributed by atoms with Gasteiger partial charge in [0.15, 0.2) is 0 Å². The molecule has 0 saturated carbocycles. The van der Waals surface area contributed by atoms with Crippen LogP contribution in [0.3, 0.4) is 0 Å². The number of aromatic nitrogens is 2. The second kappa shape index (κ2) is 14.1. The lowest BCUT2D eigenvalue weighted by Gasteiger charge is -2.20. The van der Waals surface area contributed by atoms with Crippen LogP contribution < -0.4 is 9.47 Å². The van der Waals surface area contributed by atoms with Crippen LogP contribution >= 0.6 is 0 Å². The third-order valence-electron chi connectivity index (χ3n) is 7.59. The van der Waals surface area contributed by atoms with Crippen LogP contribution in [0.4, 0.5) is 22.0 Å². The number of halogens is 5. The van der Waals surface area contributed by atoms with Crippen LogP contribution in [0.2, 0.25) is 0 Å². The van der Waals surface area contributed by atoms with E-state index >= 15 is 0 Å². The summed E-state index contributed by atoms with van der Waals surface area (Å²) in [5, 5.41) is 0. The Hall–Kier alpha value is -4.44. The number of rotatable bonds is 12. The summed E-state index contributed by atoms with van der Waals surface area (Å²) in [7, 11) is 0. The maximum absolute atomic E-state index is 13.7. The first-order chi connectivity index (χ1) is 21.6. The normalized spacial score (nSPS) is 14.9.